The van der Waals surface area contributed by atoms with Gasteiger partial charge >= 0.3 is 0 Å². The minimum Gasteiger partial charge on any atom is -0.381 e. The number of hydrogen-bond acceptors (Lipinski definition) is 4. The fraction of sp³-hybridized carbons (Fsp3) is 0.381. The van der Waals surface area contributed by atoms with Crippen molar-refractivity contribution in [1.29, 1.82) is 0 Å². The molecule has 3 aromatic rings. The second kappa shape index (κ2) is 7.28. The van der Waals surface area contributed by atoms with E-state index in [0.29, 0.717) is 6.04 Å². The average Bonchev–Trinajstić information content (AvgIpc) is 3.10. The molecule has 0 aliphatic heterocycles. The van der Waals surface area contributed by atoms with Crippen LogP contribution in [-0.2, 0) is 6.42 Å². The fourth-order valence-electron chi connectivity index (χ4n) is 3.24. The number of aryl methyl sites for hydroxylation is 2. The summed E-state index contributed by atoms with van der Waals surface area (Å²) < 4.78 is 1.90. The van der Waals surface area contributed by atoms with Gasteiger partial charge in [0.2, 0.25) is 0 Å². The maximum atomic E-state index is 4.78. The molecule has 0 bridgehead atoms. The highest BCUT2D eigenvalue weighted by Gasteiger charge is 2.18. The molecule has 1 aliphatic carbocycles. The number of rotatable bonds is 6. The second-order valence-corrected chi connectivity index (χ2v) is 7.03. The Morgan fingerprint density at radius 3 is 2.85 bits per heavy atom. The number of anilines is 1. The fourth-order valence-corrected chi connectivity index (χ4v) is 3.24. The first-order valence-electron chi connectivity index (χ1n) is 9.47. The molecule has 0 saturated heterocycles. The average molecular weight is 347 g/mol. The molecular weight excluding hydrogens is 322 g/mol. The van der Waals surface area contributed by atoms with Crippen LogP contribution in [-0.4, -0.2) is 25.8 Å². The maximum Gasteiger partial charge on any atom is 0.0738 e. The molecular formula is C21H25N5. The van der Waals surface area contributed by atoms with E-state index in [2.05, 4.69) is 47.4 Å². The zero-order valence-electron chi connectivity index (χ0n) is 15.4. The number of nitrogens with one attached hydrogen (secondary N) is 1. The van der Waals surface area contributed by atoms with Gasteiger partial charge in [-0.3, -0.25) is 9.97 Å². The van der Waals surface area contributed by atoms with Gasteiger partial charge in [-0.1, -0.05) is 13.3 Å². The van der Waals surface area contributed by atoms with Crippen LogP contribution in [0.4, 0.5) is 5.69 Å². The molecule has 1 N–H and O–H groups in total. The summed E-state index contributed by atoms with van der Waals surface area (Å²) in [5, 5.41) is 8.10. The van der Waals surface area contributed by atoms with E-state index in [9.17, 15) is 0 Å². The van der Waals surface area contributed by atoms with Gasteiger partial charge in [0.05, 0.1) is 29.0 Å². The molecule has 26 heavy (non-hydrogen) atoms. The van der Waals surface area contributed by atoms with Crippen molar-refractivity contribution in [1.82, 2.24) is 19.7 Å². The number of pyridine rings is 2. The van der Waals surface area contributed by atoms with Crippen LogP contribution in [0.2, 0.25) is 0 Å². The number of nitrogens with zero attached hydrogens (tertiary/aromatic N) is 4. The van der Waals surface area contributed by atoms with Crippen molar-refractivity contribution in [2.75, 3.05) is 5.32 Å². The molecule has 1 saturated carbocycles. The summed E-state index contributed by atoms with van der Waals surface area (Å²) in [6.07, 6.45) is 11.7. The smallest absolute Gasteiger partial charge is 0.0738 e. The molecule has 0 amide bonds. The van der Waals surface area contributed by atoms with Crippen molar-refractivity contribution >= 4 is 5.69 Å². The molecule has 0 unspecified atom stereocenters. The normalized spacial score (nSPS) is 14.2. The molecule has 3 aromatic heterocycles. The third-order valence-electron chi connectivity index (χ3n) is 5.00. The van der Waals surface area contributed by atoms with Gasteiger partial charge in [-0.2, -0.15) is 5.10 Å². The van der Waals surface area contributed by atoms with Crippen LogP contribution in [0.3, 0.4) is 0 Å². The minimum absolute atomic E-state index is 0.619. The van der Waals surface area contributed by atoms with E-state index in [1.165, 1.54) is 19.3 Å². The van der Waals surface area contributed by atoms with Crippen LogP contribution in [0.1, 0.15) is 44.0 Å². The third kappa shape index (κ3) is 3.47. The first kappa shape index (κ1) is 16.8. The van der Waals surface area contributed by atoms with Crippen molar-refractivity contribution in [2.45, 2.75) is 52.0 Å². The molecule has 1 fully saturated rings. The summed E-state index contributed by atoms with van der Waals surface area (Å²) in [6.45, 7) is 4.23. The van der Waals surface area contributed by atoms with Crippen molar-refractivity contribution in [3.63, 3.8) is 0 Å². The molecule has 0 atom stereocenters. The Morgan fingerprint density at radius 1 is 1.23 bits per heavy atom. The molecule has 134 valence electrons. The maximum absolute atomic E-state index is 4.78. The quantitative estimate of drug-likeness (QED) is 0.710. The lowest BCUT2D eigenvalue weighted by Crippen LogP contribution is -2.27. The first-order chi connectivity index (χ1) is 12.7. The van der Waals surface area contributed by atoms with E-state index in [0.717, 1.165) is 46.9 Å². The van der Waals surface area contributed by atoms with Gasteiger partial charge in [-0.25, -0.2) is 4.68 Å². The van der Waals surface area contributed by atoms with E-state index in [4.69, 9.17) is 4.98 Å². The van der Waals surface area contributed by atoms with E-state index in [1.807, 2.05) is 29.3 Å². The van der Waals surface area contributed by atoms with Crippen molar-refractivity contribution < 1.29 is 0 Å². The van der Waals surface area contributed by atoms with E-state index in [-0.39, 0.29) is 0 Å². The summed E-state index contributed by atoms with van der Waals surface area (Å²) in [7, 11) is 0. The zero-order valence-corrected chi connectivity index (χ0v) is 15.4. The molecule has 0 radical (unpaired) electrons. The third-order valence-corrected chi connectivity index (χ3v) is 5.00. The zero-order chi connectivity index (χ0) is 17.9. The second-order valence-electron chi connectivity index (χ2n) is 7.03. The van der Waals surface area contributed by atoms with Crippen molar-refractivity contribution in [3.8, 4) is 16.9 Å². The van der Waals surface area contributed by atoms with Crippen LogP contribution in [0.5, 0.6) is 0 Å². The molecule has 4 rings (SSSR count). The standard InChI is InChI=1S/C21H25N5/c1-3-5-18-12-19(10-11-22-18)26-14-16(13-23-26)21-9-8-20(15(2)24-21)25-17-6-4-7-17/h8-14,17,25H,3-7H2,1-2H3. The van der Waals surface area contributed by atoms with Crippen molar-refractivity contribution in [3.05, 3.63) is 54.2 Å². The Morgan fingerprint density at radius 2 is 2.12 bits per heavy atom. The Labute approximate surface area is 154 Å². The SMILES string of the molecule is CCCc1cc(-n2cc(-c3ccc(NC4CCC4)c(C)n3)cn2)ccn1. The van der Waals surface area contributed by atoms with Gasteiger partial charge in [0, 0.05) is 29.7 Å². The van der Waals surface area contributed by atoms with Crippen LogP contribution >= 0.6 is 0 Å². The monoisotopic (exact) mass is 347 g/mol. The molecule has 5 nitrogen and oxygen atoms in total. The molecule has 5 heteroatoms. The summed E-state index contributed by atoms with van der Waals surface area (Å²) in [6, 6.07) is 8.92. The Hall–Kier alpha value is -2.69. The predicted molar refractivity (Wildman–Crippen MR) is 105 cm³/mol. The Kier molecular flexibility index (Phi) is 4.69. The highest BCUT2D eigenvalue weighted by Crippen LogP contribution is 2.27. The van der Waals surface area contributed by atoms with Gasteiger partial charge in [-0.05, 0) is 56.9 Å². The van der Waals surface area contributed by atoms with Gasteiger partial charge < -0.3 is 5.32 Å². The Bertz CT molecular complexity index is 895. The van der Waals surface area contributed by atoms with Crippen LogP contribution < -0.4 is 5.32 Å². The molecule has 1 aliphatic rings. The lowest BCUT2D eigenvalue weighted by Gasteiger charge is -2.28. The van der Waals surface area contributed by atoms with E-state index >= 15 is 0 Å². The van der Waals surface area contributed by atoms with Crippen LogP contribution in [0, 0.1) is 6.92 Å². The highest BCUT2D eigenvalue weighted by atomic mass is 15.3. The lowest BCUT2D eigenvalue weighted by atomic mass is 9.93. The number of hydrogen-bond donors (Lipinski definition) is 1. The van der Waals surface area contributed by atoms with Crippen LogP contribution in [0.15, 0.2) is 42.9 Å². The Balaban J connectivity index is 1.55. The highest BCUT2D eigenvalue weighted by molar-refractivity contribution is 5.62. The van der Waals surface area contributed by atoms with Gasteiger partial charge in [0.15, 0.2) is 0 Å². The van der Waals surface area contributed by atoms with E-state index < -0.39 is 0 Å². The van der Waals surface area contributed by atoms with E-state index in [1.54, 1.807) is 0 Å². The minimum atomic E-state index is 0.619. The lowest BCUT2D eigenvalue weighted by molar-refractivity contribution is 0.445. The first-order valence-corrected chi connectivity index (χ1v) is 9.47. The molecule has 0 spiro atoms. The van der Waals surface area contributed by atoms with Gasteiger partial charge in [0.25, 0.3) is 0 Å². The topological polar surface area (TPSA) is 55.6 Å². The summed E-state index contributed by atoms with van der Waals surface area (Å²) in [5.41, 5.74) is 6.30. The summed E-state index contributed by atoms with van der Waals surface area (Å²) in [5.74, 6) is 0. The summed E-state index contributed by atoms with van der Waals surface area (Å²) in [4.78, 5) is 9.20. The van der Waals surface area contributed by atoms with Crippen LogP contribution in [0.25, 0.3) is 16.9 Å². The largest absolute Gasteiger partial charge is 0.381 e. The summed E-state index contributed by atoms with van der Waals surface area (Å²) >= 11 is 0. The van der Waals surface area contributed by atoms with Crippen molar-refractivity contribution in [2.24, 2.45) is 0 Å². The molecule has 3 heterocycles. The molecule has 0 aromatic carbocycles. The number of aromatic nitrogens is 4. The van der Waals surface area contributed by atoms with Gasteiger partial charge in [0.1, 0.15) is 0 Å². The van der Waals surface area contributed by atoms with Gasteiger partial charge in [-0.15, -0.1) is 0 Å². The predicted octanol–water partition coefficient (Wildman–Crippen LogP) is 4.55.